The molecule has 0 unspecified atom stereocenters. The second-order valence-corrected chi connectivity index (χ2v) is 5.02. The normalized spacial score (nSPS) is 14.7. The summed E-state index contributed by atoms with van der Waals surface area (Å²) < 4.78 is 5.16. The fourth-order valence-corrected chi connectivity index (χ4v) is 2.16. The fraction of sp³-hybridized carbons (Fsp3) is 0.0588. The molecule has 0 saturated heterocycles. The number of benzene rings is 2. The van der Waals surface area contributed by atoms with Crippen LogP contribution in [0.4, 0.5) is 5.69 Å². The maximum atomic E-state index is 11.9. The van der Waals surface area contributed by atoms with E-state index in [0.717, 1.165) is 16.8 Å². The molecule has 0 radical (unpaired) electrons. The summed E-state index contributed by atoms with van der Waals surface area (Å²) in [5.74, 6) is -0.281. The second-order valence-electron chi connectivity index (χ2n) is 5.02. The van der Waals surface area contributed by atoms with Crippen molar-refractivity contribution in [1.82, 2.24) is 0 Å². The predicted molar refractivity (Wildman–Crippen MR) is 90.3 cm³/mol. The van der Waals surface area contributed by atoms with Gasteiger partial charge >= 0.3 is 0 Å². The van der Waals surface area contributed by atoms with Crippen LogP contribution in [0.15, 0.2) is 58.7 Å². The van der Waals surface area contributed by atoms with Crippen molar-refractivity contribution in [3.05, 3.63) is 59.7 Å². The summed E-state index contributed by atoms with van der Waals surface area (Å²) >= 11 is 0. The van der Waals surface area contributed by atoms with E-state index >= 15 is 0 Å². The summed E-state index contributed by atoms with van der Waals surface area (Å²) in [6.45, 7) is -0.171. The highest BCUT2D eigenvalue weighted by Crippen LogP contribution is 2.22. The zero-order valence-electron chi connectivity index (χ0n) is 12.6. The molecule has 120 valence electrons. The van der Waals surface area contributed by atoms with Gasteiger partial charge in [-0.1, -0.05) is 18.2 Å². The molecular weight excluding hydrogens is 308 g/mol. The minimum Gasteiger partial charge on any atom is -0.484 e. The van der Waals surface area contributed by atoms with Crippen molar-refractivity contribution in [2.75, 3.05) is 11.9 Å². The molecule has 3 rings (SSSR count). The van der Waals surface area contributed by atoms with Gasteiger partial charge < -0.3 is 15.8 Å². The first-order valence-corrected chi connectivity index (χ1v) is 7.16. The molecule has 2 amide bonds. The van der Waals surface area contributed by atoms with E-state index in [1.165, 1.54) is 6.21 Å². The number of anilines is 1. The SMILES string of the molecule is NC(=O)COc1ccc(C=N/N=C2\C(=O)Nc3ccccc32)cc1. The number of fused-ring (bicyclic) bond motifs is 1. The van der Waals surface area contributed by atoms with Gasteiger partial charge in [-0.3, -0.25) is 9.59 Å². The van der Waals surface area contributed by atoms with Crippen LogP contribution in [-0.4, -0.2) is 30.3 Å². The molecule has 0 bridgehead atoms. The van der Waals surface area contributed by atoms with E-state index in [2.05, 4.69) is 15.5 Å². The Morgan fingerprint density at radius 1 is 1.17 bits per heavy atom. The lowest BCUT2D eigenvalue weighted by atomic mass is 10.1. The first kappa shape index (κ1) is 15.4. The van der Waals surface area contributed by atoms with Crippen molar-refractivity contribution >= 4 is 29.4 Å². The van der Waals surface area contributed by atoms with E-state index in [1.54, 1.807) is 24.3 Å². The highest BCUT2D eigenvalue weighted by atomic mass is 16.5. The molecule has 2 aromatic carbocycles. The van der Waals surface area contributed by atoms with Crippen molar-refractivity contribution in [1.29, 1.82) is 0 Å². The maximum absolute atomic E-state index is 11.9. The van der Waals surface area contributed by atoms with Crippen molar-refractivity contribution in [2.45, 2.75) is 0 Å². The predicted octanol–water partition coefficient (Wildman–Crippen LogP) is 1.33. The molecule has 0 spiro atoms. The van der Waals surface area contributed by atoms with E-state index in [4.69, 9.17) is 10.5 Å². The smallest absolute Gasteiger partial charge is 0.276 e. The number of ether oxygens (including phenoxy) is 1. The molecule has 0 fully saturated rings. The number of carbonyl (C=O) groups excluding carboxylic acids is 2. The third-order valence-corrected chi connectivity index (χ3v) is 3.27. The van der Waals surface area contributed by atoms with E-state index in [-0.39, 0.29) is 18.2 Å². The van der Waals surface area contributed by atoms with Crippen LogP contribution in [0.25, 0.3) is 0 Å². The van der Waals surface area contributed by atoms with Gasteiger partial charge in [0.2, 0.25) is 0 Å². The molecule has 1 aliphatic rings. The van der Waals surface area contributed by atoms with Crippen molar-refractivity contribution in [3.8, 4) is 5.75 Å². The topological polar surface area (TPSA) is 106 Å². The van der Waals surface area contributed by atoms with E-state index in [9.17, 15) is 9.59 Å². The van der Waals surface area contributed by atoms with Crippen molar-refractivity contribution < 1.29 is 14.3 Å². The van der Waals surface area contributed by atoms with E-state index < -0.39 is 5.91 Å². The Labute approximate surface area is 137 Å². The molecule has 0 atom stereocenters. The lowest BCUT2D eigenvalue weighted by Gasteiger charge is -2.02. The van der Waals surface area contributed by atoms with Gasteiger partial charge in [-0.2, -0.15) is 5.10 Å². The number of carbonyl (C=O) groups is 2. The summed E-state index contributed by atoms with van der Waals surface area (Å²) in [4.78, 5) is 22.5. The monoisotopic (exact) mass is 322 g/mol. The van der Waals surface area contributed by atoms with Crippen LogP contribution in [0.2, 0.25) is 0 Å². The standard InChI is InChI=1S/C17H14N4O3/c18-15(22)10-24-12-7-5-11(6-8-12)9-19-21-16-13-3-1-2-4-14(13)20-17(16)23/h1-9H,10H2,(H2,18,22)(H,20,21,23). The van der Waals surface area contributed by atoms with Crippen LogP contribution in [-0.2, 0) is 9.59 Å². The molecular formula is C17H14N4O3. The minimum absolute atomic E-state index is 0.171. The number of hydrogen-bond donors (Lipinski definition) is 2. The summed E-state index contributed by atoms with van der Waals surface area (Å²) in [6, 6.07) is 14.2. The van der Waals surface area contributed by atoms with Crippen LogP contribution < -0.4 is 15.8 Å². The number of nitrogens with two attached hydrogens (primary N) is 1. The quantitative estimate of drug-likeness (QED) is 0.640. The Morgan fingerprint density at radius 3 is 2.67 bits per heavy atom. The maximum Gasteiger partial charge on any atom is 0.276 e. The summed E-state index contributed by atoms with van der Waals surface area (Å²) in [6.07, 6.45) is 1.53. The summed E-state index contributed by atoms with van der Waals surface area (Å²) in [7, 11) is 0. The van der Waals surface area contributed by atoms with Crippen molar-refractivity contribution in [3.63, 3.8) is 0 Å². The largest absolute Gasteiger partial charge is 0.484 e. The molecule has 7 nitrogen and oxygen atoms in total. The molecule has 0 aliphatic carbocycles. The Kier molecular flexibility index (Phi) is 4.33. The van der Waals surface area contributed by atoms with Gasteiger partial charge in [0.25, 0.3) is 11.8 Å². The van der Waals surface area contributed by atoms with Crippen LogP contribution >= 0.6 is 0 Å². The Bertz CT molecular complexity index is 841. The van der Waals surface area contributed by atoms with Gasteiger partial charge in [-0.15, -0.1) is 5.10 Å². The van der Waals surface area contributed by atoms with Crippen LogP contribution in [0, 0.1) is 0 Å². The lowest BCUT2D eigenvalue weighted by Crippen LogP contribution is -2.19. The third kappa shape index (κ3) is 3.46. The molecule has 3 N–H and O–H groups in total. The van der Waals surface area contributed by atoms with Crippen LogP contribution in [0.3, 0.4) is 0 Å². The number of hydrogen-bond acceptors (Lipinski definition) is 5. The van der Waals surface area contributed by atoms with Gasteiger partial charge in [-0.05, 0) is 35.9 Å². The Morgan fingerprint density at radius 2 is 1.92 bits per heavy atom. The fourth-order valence-electron chi connectivity index (χ4n) is 2.16. The lowest BCUT2D eigenvalue weighted by molar-refractivity contribution is -0.120. The summed E-state index contributed by atoms with van der Waals surface area (Å²) in [5.41, 5.74) is 7.53. The molecule has 0 aromatic heterocycles. The zero-order valence-corrected chi connectivity index (χ0v) is 12.6. The minimum atomic E-state index is -0.536. The number of rotatable bonds is 5. The van der Waals surface area contributed by atoms with Crippen LogP contribution in [0.1, 0.15) is 11.1 Å². The van der Waals surface area contributed by atoms with Gasteiger partial charge in [0.05, 0.1) is 11.9 Å². The second kappa shape index (κ2) is 6.74. The highest BCUT2D eigenvalue weighted by Gasteiger charge is 2.25. The highest BCUT2D eigenvalue weighted by molar-refractivity contribution is 6.53. The average molecular weight is 322 g/mol. The molecule has 1 heterocycles. The molecule has 2 aromatic rings. The third-order valence-electron chi connectivity index (χ3n) is 3.27. The molecule has 0 saturated carbocycles. The van der Waals surface area contributed by atoms with Gasteiger partial charge in [0.15, 0.2) is 12.3 Å². The molecule has 7 heteroatoms. The zero-order chi connectivity index (χ0) is 16.9. The first-order chi connectivity index (χ1) is 11.6. The first-order valence-electron chi connectivity index (χ1n) is 7.16. The Balaban J connectivity index is 1.70. The van der Waals surface area contributed by atoms with E-state index in [1.807, 2.05) is 24.3 Å². The van der Waals surface area contributed by atoms with Gasteiger partial charge in [-0.25, -0.2) is 0 Å². The summed E-state index contributed by atoms with van der Waals surface area (Å²) in [5, 5.41) is 10.7. The average Bonchev–Trinajstić information content (AvgIpc) is 2.90. The van der Waals surface area contributed by atoms with E-state index in [0.29, 0.717) is 5.75 Å². The number of nitrogens with zero attached hydrogens (tertiary/aromatic N) is 2. The number of primary amides is 1. The van der Waals surface area contributed by atoms with Gasteiger partial charge in [0.1, 0.15) is 5.75 Å². The molecule has 1 aliphatic heterocycles. The van der Waals surface area contributed by atoms with Gasteiger partial charge in [0, 0.05) is 5.56 Å². The van der Waals surface area contributed by atoms with Crippen molar-refractivity contribution in [2.24, 2.45) is 15.9 Å². The number of nitrogens with one attached hydrogen (secondary N) is 1. The number of para-hydroxylation sites is 1. The number of amides is 2. The Hall–Kier alpha value is -3.48. The van der Waals surface area contributed by atoms with Crippen LogP contribution in [0.5, 0.6) is 5.75 Å². The molecule has 24 heavy (non-hydrogen) atoms.